The molecule has 0 saturated heterocycles. The summed E-state index contributed by atoms with van der Waals surface area (Å²) >= 11 is 0. The lowest BCUT2D eigenvalue weighted by molar-refractivity contribution is -0.161. The van der Waals surface area contributed by atoms with E-state index < -0.39 is 17.3 Å². The zero-order chi connectivity index (χ0) is 13.3. The quantitative estimate of drug-likeness (QED) is 0.372. The lowest BCUT2D eigenvalue weighted by Crippen LogP contribution is -2.46. The van der Waals surface area contributed by atoms with Gasteiger partial charge in [-0.2, -0.15) is 0 Å². The molecule has 0 radical (unpaired) electrons. The van der Waals surface area contributed by atoms with E-state index in [-0.39, 0.29) is 26.1 Å². The van der Waals surface area contributed by atoms with Crippen molar-refractivity contribution in [1.82, 2.24) is 5.32 Å². The number of carbonyl (C=O) groups excluding carboxylic acids is 2. The molecule has 0 aliphatic carbocycles. The van der Waals surface area contributed by atoms with Crippen LogP contribution in [0.3, 0.4) is 0 Å². The van der Waals surface area contributed by atoms with Crippen LogP contribution >= 0.6 is 0 Å². The van der Waals surface area contributed by atoms with Crippen molar-refractivity contribution in [2.75, 3.05) is 20.3 Å². The molecule has 0 aromatic heterocycles. The fourth-order valence-corrected chi connectivity index (χ4v) is 1.72. The Hall–Kier alpha value is -1.36. The molecule has 5 nitrogen and oxygen atoms in total. The van der Waals surface area contributed by atoms with Crippen molar-refractivity contribution in [3.63, 3.8) is 0 Å². The number of aliphatic hydroxyl groups is 1. The van der Waals surface area contributed by atoms with E-state index in [1.165, 1.54) is 13.1 Å². The summed E-state index contributed by atoms with van der Waals surface area (Å²) in [6.45, 7) is 5.39. The van der Waals surface area contributed by atoms with Crippen molar-refractivity contribution in [1.29, 1.82) is 0 Å². The summed E-state index contributed by atoms with van der Waals surface area (Å²) in [4.78, 5) is 23.9. The van der Waals surface area contributed by atoms with Crippen molar-refractivity contribution in [3.05, 3.63) is 12.7 Å². The van der Waals surface area contributed by atoms with Gasteiger partial charge in [0.15, 0.2) is 0 Å². The van der Waals surface area contributed by atoms with Gasteiger partial charge in [0, 0.05) is 13.7 Å². The Morgan fingerprint density at radius 1 is 1.53 bits per heavy atom. The molecule has 0 rings (SSSR count). The van der Waals surface area contributed by atoms with Crippen LogP contribution in [0.25, 0.3) is 0 Å². The first-order chi connectivity index (χ1) is 8.08. The molecule has 0 aromatic carbocycles. The number of hydrogen-bond acceptors (Lipinski definition) is 4. The van der Waals surface area contributed by atoms with Crippen LogP contribution in [0, 0.1) is 5.41 Å². The van der Waals surface area contributed by atoms with Gasteiger partial charge in [-0.3, -0.25) is 9.59 Å². The first kappa shape index (κ1) is 15.6. The van der Waals surface area contributed by atoms with Crippen LogP contribution in [0.4, 0.5) is 0 Å². The van der Waals surface area contributed by atoms with E-state index in [9.17, 15) is 9.59 Å². The van der Waals surface area contributed by atoms with E-state index in [4.69, 9.17) is 9.84 Å². The highest BCUT2D eigenvalue weighted by Gasteiger charge is 2.45. The van der Waals surface area contributed by atoms with Crippen molar-refractivity contribution in [3.8, 4) is 0 Å². The number of amides is 1. The molecule has 2 N–H and O–H groups in total. The summed E-state index contributed by atoms with van der Waals surface area (Å²) in [5.41, 5.74) is -1.27. The van der Waals surface area contributed by atoms with Gasteiger partial charge in [-0.25, -0.2) is 0 Å². The zero-order valence-corrected chi connectivity index (χ0v) is 10.5. The molecule has 1 atom stereocenters. The Kier molecular flexibility index (Phi) is 7.21. The topological polar surface area (TPSA) is 75.6 Å². The SMILES string of the molecule is C=CCC(CCCO)(C(=O)NC)C(=O)OCC. The van der Waals surface area contributed by atoms with Crippen LogP contribution in [0.5, 0.6) is 0 Å². The Bertz CT molecular complexity index is 278. The number of allylic oxidation sites excluding steroid dienone is 1. The minimum Gasteiger partial charge on any atom is -0.465 e. The molecule has 0 fully saturated rings. The average molecular weight is 243 g/mol. The van der Waals surface area contributed by atoms with Crippen LogP contribution in [-0.2, 0) is 14.3 Å². The Morgan fingerprint density at radius 2 is 2.18 bits per heavy atom. The third-order valence-electron chi connectivity index (χ3n) is 2.58. The molecule has 1 amide bonds. The summed E-state index contributed by atoms with van der Waals surface area (Å²) in [5.74, 6) is -0.961. The zero-order valence-electron chi connectivity index (χ0n) is 10.5. The maximum Gasteiger partial charge on any atom is 0.321 e. The maximum atomic E-state index is 11.9. The number of esters is 1. The van der Waals surface area contributed by atoms with Gasteiger partial charge in [-0.1, -0.05) is 6.08 Å². The number of carbonyl (C=O) groups is 2. The van der Waals surface area contributed by atoms with Gasteiger partial charge in [0.2, 0.25) is 5.91 Å². The van der Waals surface area contributed by atoms with Gasteiger partial charge in [-0.15, -0.1) is 6.58 Å². The Morgan fingerprint density at radius 3 is 2.59 bits per heavy atom. The third kappa shape index (κ3) is 3.85. The van der Waals surface area contributed by atoms with Crippen molar-refractivity contribution in [2.45, 2.75) is 26.2 Å². The normalized spacial score (nSPS) is 13.6. The fraction of sp³-hybridized carbons (Fsp3) is 0.667. The van der Waals surface area contributed by atoms with Crippen LogP contribution in [0.1, 0.15) is 26.2 Å². The van der Waals surface area contributed by atoms with Crippen LogP contribution < -0.4 is 5.32 Å². The molecular weight excluding hydrogens is 222 g/mol. The highest BCUT2D eigenvalue weighted by atomic mass is 16.5. The van der Waals surface area contributed by atoms with E-state index in [0.717, 1.165) is 0 Å². The summed E-state index contributed by atoms with van der Waals surface area (Å²) in [6.07, 6.45) is 2.32. The smallest absolute Gasteiger partial charge is 0.321 e. The van der Waals surface area contributed by atoms with E-state index in [0.29, 0.717) is 6.42 Å². The van der Waals surface area contributed by atoms with Crippen LogP contribution in [-0.4, -0.2) is 37.2 Å². The van der Waals surface area contributed by atoms with Crippen LogP contribution in [0.2, 0.25) is 0 Å². The molecule has 0 aliphatic heterocycles. The Labute approximate surface area is 102 Å². The standard InChI is InChI=1S/C12H21NO4/c1-4-7-12(8-6-9-14,10(15)13-3)11(16)17-5-2/h4,14H,1,5-9H2,2-3H3,(H,13,15). The molecule has 17 heavy (non-hydrogen) atoms. The van der Waals surface area contributed by atoms with Crippen molar-refractivity contribution >= 4 is 11.9 Å². The molecule has 5 heteroatoms. The highest BCUT2D eigenvalue weighted by molar-refractivity contribution is 6.02. The molecule has 0 aromatic rings. The van der Waals surface area contributed by atoms with E-state index in [2.05, 4.69) is 11.9 Å². The monoisotopic (exact) mass is 243 g/mol. The number of nitrogens with one attached hydrogen (secondary N) is 1. The predicted octanol–water partition coefficient (Wildman–Crippen LogP) is 0.630. The largest absolute Gasteiger partial charge is 0.465 e. The maximum absolute atomic E-state index is 11.9. The van der Waals surface area contributed by atoms with Crippen molar-refractivity contribution in [2.24, 2.45) is 5.41 Å². The van der Waals surface area contributed by atoms with Gasteiger partial charge in [-0.05, 0) is 26.2 Å². The number of aliphatic hydroxyl groups excluding tert-OH is 1. The van der Waals surface area contributed by atoms with Gasteiger partial charge in [0.1, 0.15) is 5.41 Å². The summed E-state index contributed by atoms with van der Waals surface area (Å²) in [7, 11) is 1.47. The van der Waals surface area contributed by atoms with E-state index in [1.54, 1.807) is 6.92 Å². The molecular formula is C12H21NO4. The lowest BCUT2D eigenvalue weighted by Gasteiger charge is -2.28. The van der Waals surface area contributed by atoms with E-state index >= 15 is 0 Å². The summed E-state index contributed by atoms with van der Waals surface area (Å²) < 4.78 is 4.95. The summed E-state index contributed by atoms with van der Waals surface area (Å²) in [6, 6.07) is 0. The third-order valence-corrected chi connectivity index (χ3v) is 2.58. The number of ether oxygens (including phenoxy) is 1. The highest BCUT2D eigenvalue weighted by Crippen LogP contribution is 2.31. The first-order valence-corrected chi connectivity index (χ1v) is 5.70. The second-order valence-corrected chi connectivity index (χ2v) is 3.70. The molecule has 0 bridgehead atoms. The second-order valence-electron chi connectivity index (χ2n) is 3.70. The van der Waals surface area contributed by atoms with Gasteiger partial charge in [0.25, 0.3) is 0 Å². The molecule has 0 spiro atoms. The average Bonchev–Trinajstić information content (AvgIpc) is 2.33. The molecule has 0 saturated carbocycles. The second kappa shape index (κ2) is 7.84. The summed E-state index contributed by atoms with van der Waals surface area (Å²) in [5, 5.41) is 11.3. The van der Waals surface area contributed by atoms with Crippen LogP contribution in [0.15, 0.2) is 12.7 Å². The lowest BCUT2D eigenvalue weighted by atomic mass is 9.79. The number of hydrogen-bond donors (Lipinski definition) is 2. The first-order valence-electron chi connectivity index (χ1n) is 5.70. The van der Waals surface area contributed by atoms with Crippen molar-refractivity contribution < 1.29 is 19.4 Å². The molecule has 0 aliphatic rings. The van der Waals surface area contributed by atoms with Gasteiger partial charge < -0.3 is 15.2 Å². The van der Waals surface area contributed by atoms with Gasteiger partial charge >= 0.3 is 5.97 Å². The van der Waals surface area contributed by atoms with E-state index in [1.807, 2.05) is 0 Å². The molecule has 98 valence electrons. The van der Waals surface area contributed by atoms with Gasteiger partial charge in [0.05, 0.1) is 6.61 Å². The molecule has 0 heterocycles. The Balaban J connectivity index is 5.13. The fourth-order valence-electron chi connectivity index (χ4n) is 1.72. The molecule has 1 unspecified atom stereocenters. The minimum absolute atomic E-state index is 0.0741. The minimum atomic E-state index is -1.27. The predicted molar refractivity (Wildman–Crippen MR) is 64.3 cm³/mol. The number of rotatable bonds is 8.